The van der Waals surface area contributed by atoms with Crippen molar-refractivity contribution in [2.75, 3.05) is 0 Å². The van der Waals surface area contributed by atoms with Crippen molar-refractivity contribution in [2.24, 2.45) is 5.73 Å². The van der Waals surface area contributed by atoms with Gasteiger partial charge < -0.3 is 5.73 Å². The fourth-order valence-electron chi connectivity index (χ4n) is 1.40. The van der Waals surface area contributed by atoms with Gasteiger partial charge in [-0.15, -0.1) is 0 Å². The van der Waals surface area contributed by atoms with E-state index in [1.807, 2.05) is 24.3 Å². The standard InChI is InChI=1S/C11H19N3O2S/c1-9(2)14-17(15,16)13-8-11-5-3-4-10(6-11)7-12/h3-6,9,13-14H,7-8,12H2,1-2H3. The largest absolute Gasteiger partial charge is 0.326 e. The second-order valence-electron chi connectivity index (χ2n) is 4.12. The number of hydrogen-bond donors (Lipinski definition) is 3. The van der Waals surface area contributed by atoms with Gasteiger partial charge in [0.05, 0.1) is 0 Å². The van der Waals surface area contributed by atoms with E-state index in [1.54, 1.807) is 13.8 Å². The van der Waals surface area contributed by atoms with E-state index in [-0.39, 0.29) is 12.6 Å². The van der Waals surface area contributed by atoms with E-state index in [0.29, 0.717) is 6.54 Å². The molecule has 5 nitrogen and oxygen atoms in total. The highest BCUT2D eigenvalue weighted by Gasteiger charge is 2.10. The van der Waals surface area contributed by atoms with Crippen molar-refractivity contribution in [3.63, 3.8) is 0 Å². The van der Waals surface area contributed by atoms with Gasteiger partial charge in [0.25, 0.3) is 10.2 Å². The maximum absolute atomic E-state index is 11.5. The summed E-state index contributed by atoms with van der Waals surface area (Å²) >= 11 is 0. The number of nitrogens with two attached hydrogens (primary N) is 1. The summed E-state index contributed by atoms with van der Waals surface area (Å²) in [5.41, 5.74) is 7.39. The van der Waals surface area contributed by atoms with Crippen molar-refractivity contribution in [3.8, 4) is 0 Å². The van der Waals surface area contributed by atoms with Gasteiger partial charge >= 0.3 is 0 Å². The van der Waals surface area contributed by atoms with Crippen molar-refractivity contribution < 1.29 is 8.42 Å². The minimum absolute atomic E-state index is 0.122. The topological polar surface area (TPSA) is 84.2 Å². The van der Waals surface area contributed by atoms with E-state index >= 15 is 0 Å². The second-order valence-corrected chi connectivity index (χ2v) is 5.65. The highest BCUT2D eigenvalue weighted by atomic mass is 32.2. The van der Waals surface area contributed by atoms with Gasteiger partial charge in [-0.1, -0.05) is 24.3 Å². The predicted molar refractivity (Wildman–Crippen MR) is 68.4 cm³/mol. The molecule has 0 unspecified atom stereocenters. The van der Waals surface area contributed by atoms with Crippen LogP contribution in [0.15, 0.2) is 24.3 Å². The third-order valence-corrected chi connectivity index (χ3v) is 3.39. The van der Waals surface area contributed by atoms with Crippen LogP contribution in [0.3, 0.4) is 0 Å². The Hall–Kier alpha value is -0.950. The summed E-state index contributed by atoms with van der Waals surface area (Å²) in [6, 6.07) is 7.39. The summed E-state index contributed by atoms with van der Waals surface area (Å²) in [5, 5.41) is 0. The number of rotatable bonds is 6. The van der Waals surface area contributed by atoms with Crippen LogP contribution in [0.2, 0.25) is 0 Å². The Balaban J connectivity index is 2.61. The zero-order valence-electron chi connectivity index (χ0n) is 10.1. The summed E-state index contributed by atoms with van der Waals surface area (Å²) in [4.78, 5) is 0. The van der Waals surface area contributed by atoms with Gasteiger partial charge in [-0.25, -0.2) is 0 Å². The van der Waals surface area contributed by atoms with Gasteiger partial charge in [-0.3, -0.25) is 0 Å². The Labute approximate surface area is 103 Å². The van der Waals surface area contributed by atoms with Crippen LogP contribution in [0.25, 0.3) is 0 Å². The van der Waals surface area contributed by atoms with Crippen LogP contribution < -0.4 is 15.2 Å². The molecule has 0 fully saturated rings. The average molecular weight is 257 g/mol. The van der Waals surface area contributed by atoms with Crippen LogP contribution in [0.5, 0.6) is 0 Å². The molecule has 1 aromatic carbocycles. The minimum Gasteiger partial charge on any atom is -0.326 e. The summed E-state index contributed by atoms with van der Waals surface area (Å²) in [7, 11) is -3.43. The summed E-state index contributed by atoms with van der Waals surface area (Å²) < 4.78 is 28.0. The van der Waals surface area contributed by atoms with Crippen LogP contribution in [0.1, 0.15) is 25.0 Å². The van der Waals surface area contributed by atoms with Crippen molar-refractivity contribution in [3.05, 3.63) is 35.4 Å². The molecule has 0 aliphatic heterocycles. The monoisotopic (exact) mass is 257 g/mol. The molecule has 0 spiro atoms. The third-order valence-electron chi connectivity index (χ3n) is 2.08. The van der Waals surface area contributed by atoms with E-state index in [9.17, 15) is 8.42 Å². The average Bonchev–Trinajstić information content (AvgIpc) is 2.25. The minimum atomic E-state index is -3.43. The van der Waals surface area contributed by atoms with Crippen LogP contribution in [0.4, 0.5) is 0 Å². The highest BCUT2D eigenvalue weighted by molar-refractivity contribution is 7.87. The van der Waals surface area contributed by atoms with Crippen molar-refractivity contribution in [1.29, 1.82) is 0 Å². The molecular formula is C11H19N3O2S. The lowest BCUT2D eigenvalue weighted by Crippen LogP contribution is -2.39. The molecule has 6 heteroatoms. The Morgan fingerprint density at radius 2 is 1.94 bits per heavy atom. The van der Waals surface area contributed by atoms with Gasteiger partial charge in [0.2, 0.25) is 0 Å². The van der Waals surface area contributed by atoms with Crippen molar-refractivity contribution >= 4 is 10.2 Å². The quantitative estimate of drug-likeness (QED) is 0.693. The molecule has 0 saturated heterocycles. The Morgan fingerprint density at radius 1 is 1.29 bits per heavy atom. The number of hydrogen-bond acceptors (Lipinski definition) is 3. The first kappa shape index (κ1) is 14.1. The molecule has 0 bridgehead atoms. The highest BCUT2D eigenvalue weighted by Crippen LogP contribution is 2.04. The van der Waals surface area contributed by atoms with Crippen LogP contribution in [0, 0.1) is 0 Å². The lowest BCUT2D eigenvalue weighted by molar-refractivity contribution is 0.554. The molecule has 4 N–H and O–H groups in total. The van der Waals surface area contributed by atoms with Gasteiger partial charge in [0, 0.05) is 19.1 Å². The molecular weight excluding hydrogens is 238 g/mol. The smallest absolute Gasteiger partial charge is 0.277 e. The molecule has 0 saturated carbocycles. The normalized spacial score (nSPS) is 12.0. The third kappa shape index (κ3) is 5.27. The first-order chi connectivity index (χ1) is 7.93. The van der Waals surface area contributed by atoms with Gasteiger partial charge in [-0.2, -0.15) is 17.9 Å². The Kier molecular flexibility index (Phi) is 5.07. The fourth-order valence-corrected chi connectivity index (χ4v) is 2.46. The summed E-state index contributed by atoms with van der Waals surface area (Å²) in [6.45, 7) is 4.25. The molecule has 0 aliphatic rings. The van der Waals surface area contributed by atoms with Gasteiger partial charge in [0.15, 0.2) is 0 Å². The van der Waals surface area contributed by atoms with E-state index in [1.165, 1.54) is 0 Å². The van der Waals surface area contributed by atoms with Gasteiger partial charge in [0.1, 0.15) is 0 Å². The van der Waals surface area contributed by atoms with Crippen LogP contribution in [-0.4, -0.2) is 14.5 Å². The summed E-state index contributed by atoms with van der Waals surface area (Å²) in [5.74, 6) is 0. The number of nitrogens with one attached hydrogen (secondary N) is 2. The molecule has 96 valence electrons. The SMILES string of the molecule is CC(C)NS(=O)(=O)NCc1cccc(CN)c1. The second kappa shape index (κ2) is 6.11. The van der Waals surface area contributed by atoms with E-state index in [4.69, 9.17) is 5.73 Å². The Morgan fingerprint density at radius 3 is 2.53 bits per heavy atom. The first-order valence-corrected chi connectivity index (χ1v) is 6.96. The van der Waals surface area contributed by atoms with Crippen LogP contribution in [-0.2, 0) is 23.3 Å². The lowest BCUT2D eigenvalue weighted by atomic mass is 10.1. The van der Waals surface area contributed by atoms with Crippen molar-refractivity contribution in [2.45, 2.75) is 33.0 Å². The summed E-state index contributed by atoms with van der Waals surface area (Å²) in [6.07, 6.45) is 0. The molecule has 17 heavy (non-hydrogen) atoms. The molecule has 0 heterocycles. The molecule has 0 aromatic heterocycles. The van der Waals surface area contributed by atoms with Crippen molar-refractivity contribution in [1.82, 2.24) is 9.44 Å². The lowest BCUT2D eigenvalue weighted by Gasteiger charge is -2.11. The molecule has 0 amide bonds. The molecule has 0 radical (unpaired) electrons. The number of benzene rings is 1. The van der Waals surface area contributed by atoms with E-state index in [0.717, 1.165) is 11.1 Å². The maximum atomic E-state index is 11.5. The zero-order chi connectivity index (χ0) is 12.9. The van der Waals surface area contributed by atoms with Gasteiger partial charge in [-0.05, 0) is 25.0 Å². The predicted octanol–water partition coefficient (Wildman–Crippen LogP) is 0.478. The molecule has 1 aromatic rings. The zero-order valence-corrected chi connectivity index (χ0v) is 10.9. The molecule has 1 rings (SSSR count). The van der Waals surface area contributed by atoms with E-state index in [2.05, 4.69) is 9.44 Å². The first-order valence-electron chi connectivity index (χ1n) is 5.48. The fraction of sp³-hybridized carbons (Fsp3) is 0.455. The maximum Gasteiger partial charge on any atom is 0.277 e. The van der Waals surface area contributed by atoms with Crippen LogP contribution >= 0.6 is 0 Å². The molecule has 0 atom stereocenters. The van der Waals surface area contributed by atoms with E-state index < -0.39 is 10.2 Å². The molecule has 0 aliphatic carbocycles. The Bertz CT molecular complexity index is 458.